The largest absolute Gasteiger partial charge is 0.448 e. The maximum atomic E-state index is 15.3. The molecular weight excluding hydrogens is 567 g/mol. The molecule has 0 aliphatic rings. The van der Waals surface area contributed by atoms with Gasteiger partial charge < -0.3 is 4.42 Å². The molecule has 4 aromatic carbocycles. The topological polar surface area (TPSA) is 13.1 Å². The summed E-state index contributed by atoms with van der Waals surface area (Å²) in [6, 6.07) is 25.2. The summed E-state index contributed by atoms with van der Waals surface area (Å²) in [4.78, 5) is 1.16. The lowest BCUT2D eigenvalue weighted by atomic mass is 10.1. The average Bonchev–Trinajstić information content (AvgIpc) is 3.75. The molecule has 9 rings (SSSR count). The van der Waals surface area contributed by atoms with Crippen LogP contribution in [0.3, 0.4) is 0 Å². The Morgan fingerprint density at radius 1 is 0.436 bits per heavy atom. The molecule has 186 valence electrons. The lowest BCUT2D eigenvalue weighted by Crippen LogP contribution is -1.78. The second-order valence-corrected chi connectivity index (χ2v) is 13.8. The summed E-state index contributed by atoms with van der Waals surface area (Å²) < 4.78 is 41.0. The quantitative estimate of drug-likeness (QED) is 0.198. The molecule has 5 aromatic heterocycles. The van der Waals surface area contributed by atoms with Crippen molar-refractivity contribution in [2.45, 2.75) is 0 Å². The predicted molar refractivity (Wildman–Crippen MR) is 166 cm³/mol. The number of fused-ring (bicyclic) bond motifs is 6. The molecule has 0 radical (unpaired) electrons. The van der Waals surface area contributed by atoms with Crippen molar-refractivity contribution in [1.82, 2.24) is 0 Å². The normalized spacial score (nSPS) is 12.4. The van der Waals surface area contributed by atoms with E-state index in [2.05, 4.69) is 71.4 Å². The van der Waals surface area contributed by atoms with Crippen LogP contribution < -0.4 is 0 Å². The first-order valence-corrected chi connectivity index (χ1v) is 15.6. The van der Waals surface area contributed by atoms with E-state index in [9.17, 15) is 0 Å². The molecule has 0 saturated heterocycles. The summed E-state index contributed by atoms with van der Waals surface area (Å²) in [7, 11) is 0. The van der Waals surface area contributed by atoms with Gasteiger partial charge in [0.25, 0.3) is 0 Å². The molecular formula is C32H14F2OS4. The lowest BCUT2D eigenvalue weighted by molar-refractivity contribution is 0.521. The van der Waals surface area contributed by atoms with Crippen molar-refractivity contribution >= 4 is 107 Å². The molecule has 0 N–H and O–H groups in total. The average molecular weight is 581 g/mol. The van der Waals surface area contributed by atoms with Crippen molar-refractivity contribution in [3.63, 3.8) is 0 Å². The molecule has 0 bridgehead atoms. The summed E-state index contributed by atoms with van der Waals surface area (Å²) in [6.45, 7) is 0. The highest BCUT2D eigenvalue weighted by atomic mass is 32.1. The zero-order valence-electron chi connectivity index (χ0n) is 19.9. The van der Waals surface area contributed by atoms with Gasteiger partial charge in [-0.15, -0.1) is 45.3 Å². The molecule has 0 amide bonds. The lowest BCUT2D eigenvalue weighted by Gasteiger charge is -1.99. The second-order valence-electron chi connectivity index (χ2n) is 9.71. The van der Waals surface area contributed by atoms with E-state index < -0.39 is 11.6 Å². The monoisotopic (exact) mass is 580 g/mol. The van der Waals surface area contributed by atoms with Crippen molar-refractivity contribution in [3.05, 3.63) is 95.2 Å². The molecule has 0 atom stereocenters. The minimum atomic E-state index is -0.940. The van der Waals surface area contributed by atoms with Gasteiger partial charge in [0.05, 0.1) is 9.75 Å². The minimum absolute atomic E-state index is 0.0448. The van der Waals surface area contributed by atoms with Crippen molar-refractivity contribution in [2.75, 3.05) is 0 Å². The third-order valence-corrected chi connectivity index (χ3v) is 11.3. The van der Waals surface area contributed by atoms with Crippen molar-refractivity contribution in [3.8, 4) is 21.3 Å². The Kier molecular flexibility index (Phi) is 4.53. The van der Waals surface area contributed by atoms with Gasteiger partial charge in [-0.2, -0.15) is 8.78 Å². The van der Waals surface area contributed by atoms with E-state index >= 15 is 8.78 Å². The first-order valence-electron chi connectivity index (χ1n) is 12.2. The number of hydrogen-bond acceptors (Lipinski definition) is 5. The molecule has 0 aliphatic carbocycles. The summed E-state index contributed by atoms with van der Waals surface area (Å²) in [5.41, 5.74) is 0. The summed E-state index contributed by atoms with van der Waals surface area (Å²) >= 11 is 6.27. The molecule has 0 unspecified atom stereocenters. The van der Waals surface area contributed by atoms with Gasteiger partial charge in [-0.3, -0.25) is 0 Å². The van der Waals surface area contributed by atoms with Crippen LogP contribution in [0, 0.1) is 11.6 Å². The molecule has 9 aromatic rings. The number of rotatable bonds is 2. The highest BCUT2D eigenvalue weighted by molar-refractivity contribution is 7.22. The summed E-state index contributed by atoms with van der Waals surface area (Å²) in [5.74, 6) is -1.97. The Bertz CT molecular complexity index is 2130. The van der Waals surface area contributed by atoms with Gasteiger partial charge in [0, 0.05) is 18.8 Å². The second kappa shape index (κ2) is 7.96. The Balaban J connectivity index is 1.17. The van der Waals surface area contributed by atoms with E-state index in [4.69, 9.17) is 4.42 Å². The fourth-order valence-corrected chi connectivity index (χ4v) is 9.20. The maximum Gasteiger partial charge on any atom is 0.206 e. The van der Waals surface area contributed by atoms with Crippen LogP contribution in [0.1, 0.15) is 0 Å². The molecule has 39 heavy (non-hydrogen) atoms. The smallest absolute Gasteiger partial charge is 0.206 e. The van der Waals surface area contributed by atoms with Crippen molar-refractivity contribution < 1.29 is 13.2 Å². The minimum Gasteiger partial charge on any atom is -0.448 e. The number of halogens is 2. The molecule has 0 aliphatic heterocycles. The molecule has 0 saturated carbocycles. The molecule has 0 spiro atoms. The highest BCUT2D eigenvalue weighted by Gasteiger charge is 2.26. The number of benzene rings is 4. The zero-order chi connectivity index (χ0) is 25.8. The standard InChI is InChI=1S/C32H14F2OS4/c33-29-30(34)32(28-14-22-8-20-10-24-16(2-4-37-24)6-18(20)12-26(22)39-28)35-31(29)27-13-21-7-19-9-23-15(1-3-36-23)5-17(19)11-25(21)38-27/h1-14H. The number of furan rings is 1. The van der Waals surface area contributed by atoms with Crippen LogP contribution in [0.2, 0.25) is 0 Å². The van der Waals surface area contributed by atoms with Gasteiger partial charge in [-0.1, -0.05) is 0 Å². The SMILES string of the molecule is Fc1c(-c2cc3cc4cc5sccc5cc4cc3s2)oc(-c2cc3cc4cc5sccc5cc4cc3s2)c1F. The van der Waals surface area contributed by atoms with Crippen molar-refractivity contribution in [1.29, 1.82) is 0 Å². The Morgan fingerprint density at radius 3 is 1.31 bits per heavy atom. The van der Waals surface area contributed by atoms with Crippen LogP contribution in [0.15, 0.2) is 88.0 Å². The third kappa shape index (κ3) is 3.31. The first kappa shape index (κ1) is 22.2. The van der Waals surface area contributed by atoms with Crippen molar-refractivity contribution in [2.24, 2.45) is 0 Å². The fraction of sp³-hybridized carbons (Fsp3) is 0. The van der Waals surface area contributed by atoms with Crippen LogP contribution >= 0.6 is 45.3 Å². The highest BCUT2D eigenvalue weighted by Crippen LogP contribution is 2.44. The van der Waals surface area contributed by atoms with Crippen LogP contribution in [-0.4, -0.2) is 0 Å². The molecule has 0 fully saturated rings. The van der Waals surface area contributed by atoms with E-state index in [0.717, 1.165) is 41.7 Å². The van der Waals surface area contributed by atoms with Gasteiger partial charge in [0.15, 0.2) is 11.5 Å². The maximum absolute atomic E-state index is 15.3. The van der Waals surface area contributed by atoms with Gasteiger partial charge in [-0.05, 0) is 127 Å². The zero-order valence-corrected chi connectivity index (χ0v) is 23.1. The van der Waals surface area contributed by atoms with Crippen LogP contribution in [0.4, 0.5) is 8.78 Å². The van der Waals surface area contributed by atoms with Gasteiger partial charge >= 0.3 is 0 Å². The Labute approximate surface area is 235 Å². The fourth-order valence-electron chi connectivity index (χ4n) is 5.42. The summed E-state index contributed by atoms with van der Waals surface area (Å²) in [6.07, 6.45) is 0. The van der Waals surface area contributed by atoms with Crippen LogP contribution in [-0.2, 0) is 0 Å². The van der Waals surface area contributed by atoms with Crippen LogP contribution in [0.5, 0.6) is 0 Å². The molecule has 5 heterocycles. The van der Waals surface area contributed by atoms with Gasteiger partial charge in [0.2, 0.25) is 11.6 Å². The van der Waals surface area contributed by atoms with Gasteiger partial charge in [0.1, 0.15) is 0 Å². The number of thiophene rings is 4. The first-order chi connectivity index (χ1) is 19.1. The van der Waals surface area contributed by atoms with Crippen LogP contribution in [0.25, 0.3) is 83.2 Å². The predicted octanol–water partition coefficient (Wildman–Crippen LogP) is 12.1. The Morgan fingerprint density at radius 2 is 0.846 bits per heavy atom. The Hall–Kier alpha value is -3.62. The van der Waals surface area contributed by atoms with E-state index in [0.29, 0.717) is 9.75 Å². The summed E-state index contributed by atoms with van der Waals surface area (Å²) in [5, 5.41) is 13.1. The van der Waals surface area contributed by atoms with E-state index in [1.807, 2.05) is 12.1 Å². The van der Waals surface area contributed by atoms with E-state index in [1.54, 1.807) is 22.7 Å². The molecule has 7 heteroatoms. The van der Waals surface area contributed by atoms with Gasteiger partial charge in [-0.25, -0.2) is 0 Å². The van der Waals surface area contributed by atoms with E-state index in [1.165, 1.54) is 42.8 Å². The molecule has 1 nitrogen and oxygen atoms in total. The third-order valence-electron chi connectivity index (χ3n) is 7.34. The van der Waals surface area contributed by atoms with E-state index in [-0.39, 0.29) is 11.5 Å². The number of hydrogen-bond donors (Lipinski definition) is 0.